The molecule has 0 aromatic heterocycles. The van der Waals surface area contributed by atoms with Crippen LogP contribution in [0, 0.1) is 5.92 Å². The van der Waals surface area contributed by atoms with Gasteiger partial charge in [-0.15, -0.1) is 0 Å². The highest BCUT2D eigenvalue weighted by molar-refractivity contribution is 5.25. The predicted octanol–water partition coefficient (Wildman–Crippen LogP) is 1.64. The van der Waals surface area contributed by atoms with E-state index in [-0.39, 0.29) is 6.04 Å². The number of nitrogens with zero attached hydrogens (tertiary/aromatic N) is 2. The fraction of sp³-hybridized carbons (Fsp3) is 0.647. The quantitative estimate of drug-likeness (QED) is 0.836. The van der Waals surface area contributed by atoms with Crippen LogP contribution in [0.25, 0.3) is 0 Å². The molecule has 4 heteroatoms. The van der Waals surface area contributed by atoms with Crippen molar-refractivity contribution >= 4 is 0 Å². The van der Waals surface area contributed by atoms with E-state index < -0.39 is 0 Å². The lowest BCUT2D eigenvalue weighted by atomic mass is 9.99. The molecular weight excluding hydrogens is 260 g/mol. The molecule has 1 aromatic rings. The third-order valence-electron chi connectivity index (χ3n) is 4.10. The Bertz CT molecular complexity index is 407. The summed E-state index contributed by atoms with van der Waals surface area (Å²) in [5.74, 6) is 0.699. The summed E-state index contributed by atoms with van der Waals surface area (Å²) in [7, 11) is 2.17. The summed E-state index contributed by atoms with van der Waals surface area (Å²) >= 11 is 0. The average molecular weight is 290 g/mol. The monoisotopic (exact) mass is 290 g/mol. The van der Waals surface area contributed by atoms with Crippen LogP contribution in [-0.4, -0.2) is 49.7 Å². The zero-order chi connectivity index (χ0) is 15.2. The number of hydrogen-bond acceptors (Lipinski definition) is 4. The summed E-state index contributed by atoms with van der Waals surface area (Å²) in [6.45, 7) is 9.46. The van der Waals surface area contributed by atoms with Crippen molar-refractivity contribution in [1.29, 1.82) is 0 Å². The Morgan fingerprint density at radius 1 is 1.10 bits per heavy atom. The highest BCUT2D eigenvalue weighted by Crippen LogP contribution is 2.16. The Kier molecular flexibility index (Phi) is 6.18. The molecule has 118 valence electrons. The van der Waals surface area contributed by atoms with Crippen LogP contribution in [-0.2, 0) is 6.42 Å². The van der Waals surface area contributed by atoms with Gasteiger partial charge in [-0.2, -0.15) is 0 Å². The molecule has 1 aromatic carbocycles. The number of hydrogen-bond donors (Lipinski definition) is 2. The van der Waals surface area contributed by atoms with Gasteiger partial charge in [-0.1, -0.05) is 38.1 Å². The maximum Gasteiger partial charge on any atom is 0.0587 e. The highest BCUT2D eigenvalue weighted by atomic mass is 15.5. The van der Waals surface area contributed by atoms with Gasteiger partial charge in [0.1, 0.15) is 0 Å². The first-order valence-corrected chi connectivity index (χ1v) is 8.07. The van der Waals surface area contributed by atoms with Gasteiger partial charge in [0.05, 0.1) is 6.04 Å². The fourth-order valence-electron chi connectivity index (χ4n) is 2.78. The van der Waals surface area contributed by atoms with Gasteiger partial charge >= 0.3 is 0 Å². The molecule has 0 aliphatic carbocycles. The van der Waals surface area contributed by atoms with Crippen molar-refractivity contribution in [3.63, 3.8) is 0 Å². The van der Waals surface area contributed by atoms with Gasteiger partial charge in [-0.05, 0) is 30.5 Å². The summed E-state index contributed by atoms with van der Waals surface area (Å²) in [6.07, 6.45) is 1.14. The van der Waals surface area contributed by atoms with E-state index in [0.717, 1.165) is 32.6 Å². The molecule has 4 nitrogen and oxygen atoms in total. The van der Waals surface area contributed by atoms with E-state index in [1.165, 1.54) is 11.1 Å². The number of nitrogens with one attached hydrogen (secondary N) is 1. The van der Waals surface area contributed by atoms with E-state index in [2.05, 4.69) is 60.5 Å². The van der Waals surface area contributed by atoms with E-state index in [4.69, 9.17) is 5.73 Å². The standard InChI is InChI=1S/C17H30N4/c1-14(2)12-15-4-6-16(7-5-15)17(13-18)19-21-10-8-20(3)9-11-21/h4-7,14,17,19H,8-13,18H2,1-3H3. The largest absolute Gasteiger partial charge is 0.329 e. The number of rotatable bonds is 6. The third kappa shape index (κ3) is 5.08. The van der Waals surface area contributed by atoms with Gasteiger partial charge in [0, 0.05) is 32.7 Å². The van der Waals surface area contributed by atoms with Crippen LogP contribution in [0.2, 0.25) is 0 Å². The Hall–Kier alpha value is -0.940. The van der Waals surface area contributed by atoms with E-state index in [0.29, 0.717) is 12.5 Å². The molecule has 0 bridgehead atoms. The third-order valence-corrected chi connectivity index (χ3v) is 4.10. The molecular formula is C17H30N4. The van der Waals surface area contributed by atoms with E-state index in [9.17, 15) is 0 Å². The second-order valence-corrected chi connectivity index (χ2v) is 6.55. The Morgan fingerprint density at radius 2 is 1.71 bits per heavy atom. The Balaban J connectivity index is 1.93. The van der Waals surface area contributed by atoms with Crippen molar-refractivity contribution in [2.75, 3.05) is 39.8 Å². The fourth-order valence-corrected chi connectivity index (χ4v) is 2.78. The molecule has 0 saturated carbocycles. The van der Waals surface area contributed by atoms with Crippen LogP contribution in [0.15, 0.2) is 24.3 Å². The van der Waals surface area contributed by atoms with Gasteiger partial charge in [-0.3, -0.25) is 0 Å². The second kappa shape index (κ2) is 7.90. The predicted molar refractivity (Wildman–Crippen MR) is 89.0 cm³/mol. The van der Waals surface area contributed by atoms with Gasteiger partial charge in [-0.25, -0.2) is 10.4 Å². The Morgan fingerprint density at radius 3 is 2.24 bits per heavy atom. The van der Waals surface area contributed by atoms with Gasteiger partial charge < -0.3 is 10.6 Å². The summed E-state index contributed by atoms with van der Waals surface area (Å²) in [6, 6.07) is 9.13. The van der Waals surface area contributed by atoms with Crippen molar-refractivity contribution in [2.45, 2.75) is 26.3 Å². The van der Waals surface area contributed by atoms with Crippen LogP contribution < -0.4 is 11.2 Å². The molecule has 1 aliphatic rings. The summed E-state index contributed by atoms with van der Waals surface area (Å²) in [4.78, 5) is 2.36. The van der Waals surface area contributed by atoms with Crippen molar-refractivity contribution < 1.29 is 0 Å². The number of benzene rings is 1. The molecule has 1 unspecified atom stereocenters. The van der Waals surface area contributed by atoms with Crippen LogP contribution in [0.5, 0.6) is 0 Å². The van der Waals surface area contributed by atoms with Crippen molar-refractivity contribution in [3.8, 4) is 0 Å². The molecule has 0 amide bonds. The molecule has 3 N–H and O–H groups in total. The van der Waals surface area contributed by atoms with E-state index >= 15 is 0 Å². The maximum absolute atomic E-state index is 5.97. The van der Waals surface area contributed by atoms with Crippen LogP contribution in [0.1, 0.15) is 31.0 Å². The number of piperazine rings is 1. The van der Waals surface area contributed by atoms with Gasteiger partial charge in [0.25, 0.3) is 0 Å². The summed E-state index contributed by atoms with van der Waals surface area (Å²) < 4.78 is 0. The lowest BCUT2D eigenvalue weighted by Gasteiger charge is -2.35. The van der Waals surface area contributed by atoms with E-state index in [1.807, 2.05) is 0 Å². The number of nitrogens with two attached hydrogens (primary N) is 1. The molecule has 0 spiro atoms. The zero-order valence-corrected chi connectivity index (χ0v) is 13.7. The van der Waals surface area contributed by atoms with Crippen molar-refractivity contribution in [3.05, 3.63) is 35.4 Å². The van der Waals surface area contributed by atoms with Gasteiger partial charge in [0.2, 0.25) is 0 Å². The topological polar surface area (TPSA) is 44.5 Å². The van der Waals surface area contributed by atoms with Crippen LogP contribution in [0.3, 0.4) is 0 Å². The summed E-state index contributed by atoms with van der Waals surface area (Å²) in [5.41, 5.74) is 12.2. The minimum Gasteiger partial charge on any atom is -0.329 e. The first-order valence-electron chi connectivity index (χ1n) is 8.07. The SMILES string of the molecule is CC(C)Cc1ccc(C(CN)NN2CCN(C)CC2)cc1. The zero-order valence-electron chi connectivity index (χ0n) is 13.7. The minimum atomic E-state index is 0.210. The molecule has 1 aliphatic heterocycles. The van der Waals surface area contributed by atoms with Crippen LogP contribution >= 0.6 is 0 Å². The minimum absolute atomic E-state index is 0.210. The normalized spacial score (nSPS) is 19.1. The molecule has 1 heterocycles. The summed E-state index contributed by atoms with van der Waals surface area (Å²) in [5, 5.41) is 2.31. The van der Waals surface area contributed by atoms with Crippen LogP contribution in [0.4, 0.5) is 0 Å². The lowest BCUT2D eigenvalue weighted by molar-refractivity contribution is 0.0880. The molecule has 0 radical (unpaired) electrons. The van der Waals surface area contributed by atoms with E-state index in [1.54, 1.807) is 0 Å². The van der Waals surface area contributed by atoms with Gasteiger partial charge in [0.15, 0.2) is 0 Å². The lowest BCUT2D eigenvalue weighted by Crippen LogP contribution is -2.52. The van der Waals surface area contributed by atoms with Crippen molar-refractivity contribution in [1.82, 2.24) is 15.3 Å². The first kappa shape index (κ1) is 16.4. The second-order valence-electron chi connectivity index (χ2n) is 6.55. The van der Waals surface area contributed by atoms with Crippen molar-refractivity contribution in [2.24, 2.45) is 11.7 Å². The molecule has 21 heavy (non-hydrogen) atoms. The maximum atomic E-state index is 5.97. The smallest absolute Gasteiger partial charge is 0.0587 e. The highest BCUT2D eigenvalue weighted by Gasteiger charge is 2.18. The molecule has 1 fully saturated rings. The Labute approximate surface area is 129 Å². The average Bonchev–Trinajstić information content (AvgIpc) is 2.47. The molecule has 1 atom stereocenters. The molecule has 1 saturated heterocycles. The number of likely N-dealkylation sites (N-methyl/N-ethyl adjacent to an activating group) is 1. The molecule has 2 rings (SSSR count). The number of hydrazine groups is 1. The first-order chi connectivity index (χ1) is 10.1.